The van der Waals surface area contributed by atoms with Crippen molar-refractivity contribution in [1.82, 2.24) is 25.1 Å². The number of halogens is 1. The SMILES string of the molecule is CCc1ncc(-c2sc(CC)nc2-c2nnc(N[C@@H]3N=C(c4ccccc4)c4cccc(F)c4NC3=O)o2)cn1. The quantitative estimate of drug-likeness (QED) is 0.283. The van der Waals surface area contributed by atoms with E-state index in [-0.39, 0.29) is 17.6 Å². The van der Waals surface area contributed by atoms with Crippen LogP contribution in [0.25, 0.3) is 22.0 Å². The first kappa shape index (κ1) is 25.4. The zero-order chi connectivity index (χ0) is 27.6. The van der Waals surface area contributed by atoms with E-state index in [0.717, 1.165) is 39.7 Å². The van der Waals surface area contributed by atoms with Crippen molar-refractivity contribution in [2.45, 2.75) is 32.9 Å². The molecule has 5 aromatic rings. The fourth-order valence-electron chi connectivity index (χ4n) is 4.23. The van der Waals surface area contributed by atoms with Crippen LogP contribution in [-0.2, 0) is 17.6 Å². The monoisotopic (exact) mass is 554 g/mol. The number of aryl methyl sites for hydroxylation is 2. The van der Waals surface area contributed by atoms with Gasteiger partial charge in [-0.05, 0) is 12.5 Å². The molecule has 0 saturated heterocycles. The van der Waals surface area contributed by atoms with Crippen LogP contribution in [0.3, 0.4) is 0 Å². The Bertz CT molecular complexity index is 1720. The average molecular weight is 555 g/mol. The number of hydrogen-bond donors (Lipinski definition) is 2. The Hall–Kier alpha value is -4.84. The standard InChI is InChI=1S/C28H23FN8O2S/c1-3-19-30-13-16(14-31-19)24-23(32-20(4-2)40-24)27-36-37-28(39-27)35-25-26(38)34-22-17(11-8-12-18(22)29)21(33-25)15-9-6-5-7-10-15/h5-14,25H,3-4H2,1-2H3,(H,34,38)(H,35,37)/t25-/m0/s1. The molecule has 2 aromatic carbocycles. The largest absolute Gasteiger partial charge is 0.402 e. The molecule has 1 aliphatic heterocycles. The molecule has 0 spiro atoms. The second-order valence-electron chi connectivity index (χ2n) is 8.84. The highest BCUT2D eigenvalue weighted by molar-refractivity contribution is 7.15. The molecule has 2 N–H and O–H groups in total. The number of carbonyl (C=O) groups excluding carboxylic acids is 1. The summed E-state index contributed by atoms with van der Waals surface area (Å²) >= 11 is 1.50. The van der Waals surface area contributed by atoms with Gasteiger partial charge in [0.15, 0.2) is 0 Å². The van der Waals surface area contributed by atoms with E-state index in [1.54, 1.807) is 24.5 Å². The van der Waals surface area contributed by atoms with E-state index < -0.39 is 17.9 Å². The van der Waals surface area contributed by atoms with Crippen LogP contribution < -0.4 is 10.6 Å². The fourth-order valence-corrected chi connectivity index (χ4v) is 5.20. The number of aromatic nitrogens is 5. The molecule has 0 saturated carbocycles. The number of thiazole rings is 1. The van der Waals surface area contributed by atoms with Gasteiger partial charge in [0.2, 0.25) is 6.17 Å². The minimum Gasteiger partial charge on any atom is -0.402 e. The van der Waals surface area contributed by atoms with Crippen molar-refractivity contribution in [3.8, 4) is 22.0 Å². The lowest BCUT2D eigenvalue weighted by atomic mass is 10.0. The van der Waals surface area contributed by atoms with E-state index in [1.165, 1.54) is 17.4 Å². The summed E-state index contributed by atoms with van der Waals surface area (Å²) in [6, 6.07) is 13.8. The van der Waals surface area contributed by atoms with Gasteiger partial charge in [0.25, 0.3) is 11.8 Å². The molecule has 1 atom stereocenters. The van der Waals surface area contributed by atoms with Crippen LogP contribution in [0.2, 0.25) is 0 Å². The molecular formula is C28H23FN8O2S. The number of amides is 1. The van der Waals surface area contributed by atoms with E-state index in [4.69, 9.17) is 4.42 Å². The minimum atomic E-state index is -1.17. The first-order valence-electron chi connectivity index (χ1n) is 12.7. The summed E-state index contributed by atoms with van der Waals surface area (Å²) in [5.74, 6) is -0.223. The number of hydrogen-bond acceptors (Lipinski definition) is 10. The Kier molecular flexibility index (Phi) is 6.83. The van der Waals surface area contributed by atoms with Crippen molar-refractivity contribution in [3.05, 3.63) is 88.7 Å². The first-order chi connectivity index (χ1) is 19.5. The van der Waals surface area contributed by atoms with Crippen molar-refractivity contribution in [2.24, 2.45) is 4.99 Å². The molecule has 0 radical (unpaired) electrons. The second-order valence-corrected chi connectivity index (χ2v) is 9.92. The maximum Gasteiger partial charge on any atom is 0.317 e. The molecule has 10 nitrogen and oxygen atoms in total. The number of nitrogens with one attached hydrogen (secondary N) is 2. The number of aliphatic imine (C=N–C) groups is 1. The third-order valence-electron chi connectivity index (χ3n) is 6.22. The van der Waals surface area contributed by atoms with Crippen LogP contribution in [0.4, 0.5) is 16.1 Å². The highest BCUT2D eigenvalue weighted by atomic mass is 32.1. The summed E-state index contributed by atoms with van der Waals surface area (Å²) < 4.78 is 20.7. The Morgan fingerprint density at radius 3 is 2.55 bits per heavy atom. The Labute approximate surface area is 232 Å². The van der Waals surface area contributed by atoms with Gasteiger partial charge in [0.1, 0.15) is 17.3 Å². The molecule has 1 aliphatic rings. The van der Waals surface area contributed by atoms with Gasteiger partial charge in [-0.25, -0.2) is 24.3 Å². The van der Waals surface area contributed by atoms with Gasteiger partial charge in [-0.2, -0.15) is 0 Å². The minimum absolute atomic E-state index is 0.0349. The maximum atomic E-state index is 14.8. The van der Waals surface area contributed by atoms with Crippen LogP contribution in [0.15, 0.2) is 70.3 Å². The van der Waals surface area contributed by atoms with E-state index in [0.29, 0.717) is 17.0 Å². The molecule has 0 unspecified atom stereocenters. The number of carbonyl (C=O) groups is 1. The second kappa shape index (κ2) is 10.7. The van der Waals surface area contributed by atoms with Gasteiger partial charge < -0.3 is 15.1 Å². The molecule has 12 heteroatoms. The number of benzodiazepines with no additional fused rings is 1. The van der Waals surface area contributed by atoms with E-state index in [1.807, 2.05) is 44.2 Å². The first-order valence-corrected chi connectivity index (χ1v) is 13.5. The molecule has 6 rings (SSSR count). The maximum absolute atomic E-state index is 14.8. The van der Waals surface area contributed by atoms with Crippen molar-refractivity contribution >= 4 is 34.7 Å². The van der Waals surface area contributed by atoms with Crippen LogP contribution in [-0.4, -0.2) is 42.9 Å². The van der Waals surface area contributed by atoms with Gasteiger partial charge in [0, 0.05) is 35.5 Å². The predicted octanol–water partition coefficient (Wildman–Crippen LogP) is 5.14. The molecule has 40 heavy (non-hydrogen) atoms. The van der Waals surface area contributed by atoms with Gasteiger partial charge in [-0.15, -0.1) is 16.4 Å². The predicted molar refractivity (Wildman–Crippen MR) is 150 cm³/mol. The van der Waals surface area contributed by atoms with Gasteiger partial charge in [-0.1, -0.05) is 61.4 Å². The Balaban J connectivity index is 1.35. The average Bonchev–Trinajstić information content (AvgIpc) is 3.61. The molecule has 0 fully saturated rings. The molecule has 1 amide bonds. The third-order valence-corrected chi connectivity index (χ3v) is 7.46. The van der Waals surface area contributed by atoms with Crippen LogP contribution in [0.5, 0.6) is 0 Å². The molecule has 4 heterocycles. The lowest BCUT2D eigenvalue weighted by molar-refractivity contribution is -0.116. The van der Waals surface area contributed by atoms with Crippen molar-refractivity contribution in [1.29, 1.82) is 0 Å². The van der Waals surface area contributed by atoms with Crippen molar-refractivity contribution < 1.29 is 13.6 Å². The van der Waals surface area contributed by atoms with Gasteiger partial charge in [-0.3, -0.25) is 4.79 Å². The smallest absolute Gasteiger partial charge is 0.317 e. The van der Waals surface area contributed by atoms with Crippen molar-refractivity contribution in [3.63, 3.8) is 0 Å². The zero-order valence-electron chi connectivity index (χ0n) is 21.6. The van der Waals surface area contributed by atoms with E-state index in [2.05, 4.69) is 40.8 Å². The number of benzene rings is 2. The molecule has 200 valence electrons. The van der Waals surface area contributed by atoms with Crippen molar-refractivity contribution in [2.75, 3.05) is 10.6 Å². The highest BCUT2D eigenvalue weighted by Crippen LogP contribution is 2.36. The summed E-state index contributed by atoms with van der Waals surface area (Å²) in [6.45, 7) is 4.00. The van der Waals surface area contributed by atoms with Gasteiger partial charge >= 0.3 is 6.01 Å². The summed E-state index contributed by atoms with van der Waals surface area (Å²) in [4.78, 5) is 32.1. The van der Waals surface area contributed by atoms with Crippen LogP contribution in [0, 0.1) is 5.82 Å². The molecule has 3 aromatic heterocycles. The van der Waals surface area contributed by atoms with E-state index >= 15 is 0 Å². The lowest BCUT2D eigenvalue weighted by Crippen LogP contribution is -2.32. The summed E-state index contributed by atoms with van der Waals surface area (Å²) in [6.07, 6.45) is 3.79. The lowest BCUT2D eigenvalue weighted by Gasteiger charge is -2.11. The van der Waals surface area contributed by atoms with E-state index in [9.17, 15) is 9.18 Å². The molecular weight excluding hydrogens is 531 g/mol. The summed E-state index contributed by atoms with van der Waals surface area (Å²) in [5, 5.41) is 14.7. The molecule has 0 aliphatic carbocycles. The third kappa shape index (κ3) is 4.84. The zero-order valence-corrected chi connectivity index (χ0v) is 22.4. The number of nitrogens with zero attached hydrogens (tertiary/aromatic N) is 6. The summed E-state index contributed by atoms with van der Waals surface area (Å²) in [7, 11) is 0. The Morgan fingerprint density at radius 2 is 1.80 bits per heavy atom. The van der Waals surface area contributed by atoms with Crippen LogP contribution >= 0.6 is 11.3 Å². The number of rotatable bonds is 7. The number of fused-ring (bicyclic) bond motifs is 1. The normalized spacial score (nSPS) is 14.7. The number of para-hydroxylation sites is 1. The fraction of sp³-hybridized carbons (Fsp3) is 0.179. The number of anilines is 2. The van der Waals surface area contributed by atoms with Crippen LogP contribution in [0.1, 0.15) is 35.8 Å². The highest BCUT2D eigenvalue weighted by Gasteiger charge is 2.29. The summed E-state index contributed by atoms with van der Waals surface area (Å²) in [5.41, 5.74) is 2.97. The molecule has 0 bridgehead atoms. The topological polar surface area (TPSA) is 131 Å². The Morgan fingerprint density at radius 1 is 1.00 bits per heavy atom. The van der Waals surface area contributed by atoms with Gasteiger partial charge in [0.05, 0.1) is 21.3 Å².